The van der Waals surface area contributed by atoms with E-state index in [4.69, 9.17) is 15.1 Å². The molecule has 0 spiro atoms. The summed E-state index contributed by atoms with van der Waals surface area (Å²) in [5.41, 5.74) is 8.91. The average molecular weight is 280 g/mol. The molecule has 0 radical (unpaired) electrons. The van der Waals surface area contributed by atoms with Gasteiger partial charge < -0.3 is 5.32 Å². The van der Waals surface area contributed by atoms with Crippen LogP contribution in [0.2, 0.25) is 0 Å². The Morgan fingerprint density at radius 3 is 2.45 bits per heavy atom. The first-order valence-electron chi connectivity index (χ1n) is 5.64. The van der Waals surface area contributed by atoms with E-state index >= 15 is 0 Å². The first kappa shape index (κ1) is 17.3. The lowest BCUT2D eigenvalue weighted by Crippen LogP contribution is -2.29. The fraction of sp³-hybridized carbons (Fsp3) is 0.333. The predicted octanol–water partition coefficient (Wildman–Crippen LogP) is 2.12. The fourth-order valence-electron chi connectivity index (χ4n) is 1.45. The molecule has 0 aliphatic carbocycles. The molecule has 7 nitrogen and oxygen atoms in total. The molecule has 1 aromatic carbocycles. The molecular formula is C12H13FN4O3. The summed E-state index contributed by atoms with van der Waals surface area (Å²) < 4.78 is 12.7. The second kappa shape index (κ2) is 10.3. The Balaban J connectivity index is 0.00000110. The number of carbonyl (C=O) groups excluding carboxylic acids is 3. The van der Waals surface area contributed by atoms with Crippen LogP contribution >= 0.6 is 0 Å². The molecule has 0 aromatic heterocycles. The van der Waals surface area contributed by atoms with Gasteiger partial charge in [0.1, 0.15) is 12.4 Å². The standard InChI is InChI=1S/C11H13FN4O.CO2/c1-2-10(15-11(17)7-14-16-13)8-3-5-9(12)6-4-8;2-1-3/h3-6,10H,2,7H2,1H3,(H,15,17);/t10-;/m1./s1. The molecule has 20 heavy (non-hydrogen) atoms. The summed E-state index contributed by atoms with van der Waals surface area (Å²) in [6.45, 7) is 1.68. The zero-order chi connectivity index (χ0) is 15.4. The Bertz CT molecular complexity index is 506. The van der Waals surface area contributed by atoms with E-state index in [0.29, 0.717) is 6.42 Å². The van der Waals surface area contributed by atoms with Crippen LogP contribution in [0.1, 0.15) is 24.9 Å². The molecule has 0 saturated heterocycles. The molecule has 1 atom stereocenters. The van der Waals surface area contributed by atoms with Crippen LogP contribution in [-0.2, 0) is 14.4 Å². The minimum atomic E-state index is -0.348. The highest BCUT2D eigenvalue weighted by atomic mass is 19.1. The summed E-state index contributed by atoms with van der Waals surface area (Å²) >= 11 is 0. The number of hydrogen-bond acceptors (Lipinski definition) is 4. The molecule has 0 saturated carbocycles. The van der Waals surface area contributed by atoms with Gasteiger partial charge in [0.15, 0.2) is 0 Å². The van der Waals surface area contributed by atoms with Crippen molar-refractivity contribution in [3.8, 4) is 0 Å². The maximum atomic E-state index is 12.7. The van der Waals surface area contributed by atoms with Crippen LogP contribution in [0.5, 0.6) is 0 Å². The van der Waals surface area contributed by atoms with E-state index in [1.807, 2.05) is 6.92 Å². The van der Waals surface area contributed by atoms with E-state index in [-0.39, 0.29) is 30.5 Å². The van der Waals surface area contributed by atoms with Crippen LogP contribution in [0.4, 0.5) is 4.39 Å². The maximum absolute atomic E-state index is 12.7. The van der Waals surface area contributed by atoms with Gasteiger partial charge in [-0.3, -0.25) is 4.79 Å². The van der Waals surface area contributed by atoms with Crippen LogP contribution in [-0.4, -0.2) is 18.6 Å². The Kier molecular flexibility index (Phi) is 8.87. The third kappa shape index (κ3) is 6.90. The first-order chi connectivity index (χ1) is 9.58. The lowest BCUT2D eigenvalue weighted by Gasteiger charge is -2.16. The zero-order valence-corrected chi connectivity index (χ0v) is 10.7. The molecule has 1 aromatic rings. The van der Waals surface area contributed by atoms with E-state index in [0.717, 1.165) is 5.56 Å². The molecule has 0 unspecified atom stereocenters. The molecule has 1 amide bonds. The van der Waals surface area contributed by atoms with Crippen molar-refractivity contribution in [3.63, 3.8) is 0 Å². The SMILES string of the molecule is CC[C@@H](NC(=O)CN=[N+]=[N-])c1ccc(F)cc1.O=C=O. The molecule has 1 N–H and O–H groups in total. The molecular weight excluding hydrogens is 267 g/mol. The minimum Gasteiger partial charge on any atom is -0.349 e. The van der Waals surface area contributed by atoms with Crippen LogP contribution in [0, 0.1) is 5.82 Å². The van der Waals surface area contributed by atoms with Crippen molar-refractivity contribution in [2.24, 2.45) is 5.11 Å². The number of nitrogens with zero attached hydrogens (tertiary/aromatic N) is 3. The highest BCUT2D eigenvalue weighted by molar-refractivity contribution is 5.78. The van der Waals surface area contributed by atoms with Crippen LogP contribution in [0.15, 0.2) is 29.4 Å². The van der Waals surface area contributed by atoms with E-state index < -0.39 is 0 Å². The highest BCUT2D eigenvalue weighted by Crippen LogP contribution is 2.16. The lowest BCUT2D eigenvalue weighted by atomic mass is 10.0. The van der Waals surface area contributed by atoms with Crippen LogP contribution < -0.4 is 5.32 Å². The second-order valence-corrected chi connectivity index (χ2v) is 3.55. The van der Waals surface area contributed by atoms with E-state index in [2.05, 4.69) is 15.3 Å². The number of carbonyl (C=O) groups is 1. The monoisotopic (exact) mass is 280 g/mol. The van der Waals surface area contributed by atoms with Gasteiger partial charge in [0, 0.05) is 4.91 Å². The molecule has 106 valence electrons. The average Bonchev–Trinajstić information content (AvgIpc) is 2.44. The van der Waals surface area contributed by atoms with Crippen molar-refractivity contribution in [2.45, 2.75) is 19.4 Å². The molecule has 0 bridgehead atoms. The topological polar surface area (TPSA) is 112 Å². The summed E-state index contributed by atoms with van der Waals surface area (Å²) in [5, 5.41) is 5.89. The third-order valence-corrected chi connectivity index (χ3v) is 2.29. The summed E-state index contributed by atoms with van der Waals surface area (Å²) in [5.74, 6) is -0.664. The summed E-state index contributed by atoms with van der Waals surface area (Å²) in [7, 11) is 0. The van der Waals surface area contributed by atoms with Gasteiger partial charge in [-0.2, -0.15) is 9.59 Å². The third-order valence-electron chi connectivity index (χ3n) is 2.29. The number of amides is 1. The normalized spacial score (nSPS) is 10.1. The first-order valence-corrected chi connectivity index (χ1v) is 5.64. The van der Waals surface area contributed by atoms with Gasteiger partial charge in [-0.1, -0.05) is 24.2 Å². The molecule has 0 fully saturated rings. The van der Waals surface area contributed by atoms with Gasteiger partial charge >= 0.3 is 6.15 Å². The number of benzene rings is 1. The Morgan fingerprint density at radius 1 is 1.45 bits per heavy atom. The number of nitrogens with one attached hydrogen (secondary N) is 1. The smallest absolute Gasteiger partial charge is 0.349 e. The largest absolute Gasteiger partial charge is 0.373 e. The number of halogens is 1. The van der Waals surface area contributed by atoms with Gasteiger partial charge in [-0.25, -0.2) is 4.39 Å². The fourth-order valence-corrected chi connectivity index (χ4v) is 1.45. The quantitative estimate of drug-likeness (QED) is 0.506. The highest BCUT2D eigenvalue weighted by Gasteiger charge is 2.11. The van der Waals surface area contributed by atoms with Crippen LogP contribution in [0.3, 0.4) is 0 Å². The Labute approximate surface area is 114 Å². The van der Waals surface area contributed by atoms with Gasteiger partial charge in [0.05, 0.1) is 6.04 Å². The molecule has 8 heteroatoms. The molecule has 0 aliphatic heterocycles. The van der Waals surface area contributed by atoms with Gasteiger partial charge in [-0.15, -0.1) is 0 Å². The summed E-state index contributed by atoms with van der Waals surface area (Å²) in [6, 6.07) is 5.74. The maximum Gasteiger partial charge on any atom is 0.373 e. The summed E-state index contributed by atoms with van der Waals surface area (Å²) in [4.78, 5) is 30.1. The van der Waals surface area contributed by atoms with E-state index in [9.17, 15) is 9.18 Å². The van der Waals surface area contributed by atoms with Gasteiger partial charge in [0.25, 0.3) is 0 Å². The van der Waals surface area contributed by atoms with Crippen molar-refractivity contribution in [3.05, 3.63) is 46.1 Å². The number of hydrogen-bond donors (Lipinski definition) is 1. The van der Waals surface area contributed by atoms with Gasteiger partial charge in [0.2, 0.25) is 5.91 Å². The van der Waals surface area contributed by atoms with Crippen molar-refractivity contribution in [1.82, 2.24) is 5.32 Å². The van der Waals surface area contributed by atoms with Gasteiger partial charge in [-0.05, 0) is 29.6 Å². The predicted molar refractivity (Wildman–Crippen MR) is 66.6 cm³/mol. The van der Waals surface area contributed by atoms with E-state index in [1.165, 1.54) is 12.1 Å². The Morgan fingerprint density at radius 2 is 2.00 bits per heavy atom. The Hall–Kier alpha value is -2.69. The van der Waals surface area contributed by atoms with Crippen molar-refractivity contribution in [1.29, 1.82) is 0 Å². The number of azide groups is 1. The molecule has 1 rings (SSSR count). The summed E-state index contributed by atoms with van der Waals surface area (Å²) in [6.07, 6.45) is 0.924. The molecule has 0 aliphatic rings. The lowest BCUT2D eigenvalue weighted by molar-refractivity contribution is -0.191. The number of rotatable bonds is 5. The van der Waals surface area contributed by atoms with E-state index in [1.54, 1.807) is 12.1 Å². The van der Waals surface area contributed by atoms with Crippen molar-refractivity contribution < 1.29 is 18.8 Å². The molecule has 0 heterocycles. The minimum absolute atomic E-state index is 0.197. The second-order valence-electron chi connectivity index (χ2n) is 3.55. The zero-order valence-electron chi connectivity index (χ0n) is 10.7. The van der Waals surface area contributed by atoms with Crippen molar-refractivity contribution >= 4 is 12.1 Å². The van der Waals surface area contributed by atoms with Crippen LogP contribution in [0.25, 0.3) is 10.4 Å². The van der Waals surface area contributed by atoms with Crippen molar-refractivity contribution in [2.75, 3.05) is 6.54 Å².